The van der Waals surface area contributed by atoms with E-state index >= 15 is 0 Å². The summed E-state index contributed by atoms with van der Waals surface area (Å²) < 4.78 is 9.76. The number of ether oxygens (including phenoxy) is 1. The summed E-state index contributed by atoms with van der Waals surface area (Å²) in [7, 11) is 1.52. The first-order valence-corrected chi connectivity index (χ1v) is 5.52. The van der Waals surface area contributed by atoms with Crippen LogP contribution in [0.5, 0.6) is 5.75 Å². The summed E-state index contributed by atoms with van der Waals surface area (Å²) in [6, 6.07) is 5.33. The molecule has 0 saturated carbocycles. The van der Waals surface area contributed by atoms with Crippen LogP contribution in [0.3, 0.4) is 0 Å². The summed E-state index contributed by atoms with van der Waals surface area (Å²) in [6.07, 6.45) is 0. The van der Waals surface area contributed by atoms with Crippen molar-refractivity contribution < 1.29 is 14.2 Å². The van der Waals surface area contributed by atoms with Gasteiger partial charge in [0.1, 0.15) is 17.1 Å². The molecule has 7 heteroatoms. The van der Waals surface area contributed by atoms with Crippen LogP contribution in [-0.2, 0) is 0 Å². The first kappa shape index (κ1) is 10.1. The number of carbonyl (C=O) groups excluding carboxylic acids is 1. The number of benzene rings is 1. The van der Waals surface area contributed by atoms with Crippen molar-refractivity contribution in [3.05, 3.63) is 29.5 Å². The first-order chi connectivity index (χ1) is 9.29. The molecule has 19 heavy (non-hydrogen) atoms. The number of rotatable bonds is 1. The van der Waals surface area contributed by atoms with Gasteiger partial charge in [0, 0.05) is 5.56 Å². The molecule has 0 N–H and O–H groups in total. The predicted octanol–water partition coefficient (Wildman–Crippen LogP) is 1.23. The van der Waals surface area contributed by atoms with Crippen LogP contribution in [0.4, 0.5) is 0 Å². The minimum Gasteiger partial charge on any atom is -0.496 e. The average molecular weight is 254 g/mol. The summed E-state index contributed by atoms with van der Waals surface area (Å²) in [4.78, 5) is 20.8. The average Bonchev–Trinajstić information content (AvgIpc) is 3.01. The lowest BCUT2D eigenvalue weighted by molar-refractivity contribution is 0.103. The van der Waals surface area contributed by atoms with E-state index in [-0.39, 0.29) is 22.8 Å². The molecule has 3 aromatic rings. The number of methoxy groups -OCH3 is 1. The van der Waals surface area contributed by atoms with Crippen LogP contribution < -0.4 is 4.74 Å². The van der Waals surface area contributed by atoms with Gasteiger partial charge in [-0.15, -0.1) is 0 Å². The molecule has 0 bridgehead atoms. The third kappa shape index (κ3) is 1.18. The topological polar surface area (TPSA) is 91.0 Å². The molecule has 0 radical (unpaired) electrons. The molecular weight excluding hydrogens is 248 g/mol. The Balaban J connectivity index is 2.10. The van der Waals surface area contributed by atoms with E-state index in [1.54, 1.807) is 18.2 Å². The molecule has 0 atom stereocenters. The Kier molecular flexibility index (Phi) is 1.78. The zero-order chi connectivity index (χ0) is 13.0. The molecule has 0 spiro atoms. The Morgan fingerprint density at radius 2 is 1.84 bits per heavy atom. The highest BCUT2D eigenvalue weighted by atomic mass is 16.6. The van der Waals surface area contributed by atoms with Crippen molar-refractivity contribution in [2.75, 3.05) is 7.11 Å². The molecule has 1 aromatic carbocycles. The summed E-state index contributed by atoms with van der Waals surface area (Å²) in [5, 5.41) is 7.23. The second-order valence-electron chi connectivity index (χ2n) is 4.04. The van der Waals surface area contributed by atoms with Crippen molar-refractivity contribution in [3.63, 3.8) is 0 Å². The van der Waals surface area contributed by atoms with E-state index in [9.17, 15) is 4.79 Å². The van der Waals surface area contributed by atoms with Gasteiger partial charge in [-0.25, -0.2) is 14.6 Å². The van der Waals surface area contributed by atoms with E-state index in [1.165, 1.54) is 7.11 Å². The SMILES string of the molecule is COc1cccc2c1C(=O)c1nc3nonc3nc1-2. The van der Waals surface area contributed by atoms with E-state index in [2.05, 4.69) is 24.9 Å². The summed E-state index contributed by atoms with van der Waals surface area (Å²) >= 11 is 0. The first-order valence-electron chi connectivity index (χ1n) is 5.52. The van der Waals surface area contributed by atoms with E-state index in [4.69, 9.17) is 4.74 Å². The molecule has 1 aliphatic rings. The molecule has 2 aromatic heterocycles. The number of carbonyl (C=O) groups is 1. The van der Waals surface area contributed by atoms with E-state index < -0.39 is 0 Å². The second kappa shape index (κ2) is 3.35. The number of hydrogen-bond acceptors (Lipinski definition) is 7. The lowest BCUT2D eigenvalue weighted by Crippen LogP contribution is -2.01. The van der Waals surface area contributed by atoms with Gasteiger partial charge >= 0.3 is 0 Å². The van der Waals surface area contributed by atoms with Gasteiger partial charge in [0.15, 0.2) is 0 Å². The third-order valence-electron chi connectivity index (χ3n) is 3.06. The molecule has 0 saturated heterocycles. The smallest absolute Gasteiger partial charge is 0.244 e. The Bertz CT molecular complexity index is 840. The lowest BCUT2D eigenvalue weighted by atomic mass is 10.1. The summed E-state index contributed by atoms with van der Waals surface area (Å²) in [5.41, 5.74) is 2.41. The molecule has 0 aliphatic heterocycles. The minimum absolute atomic E-state index is 0.221. The van der Waals surface area contributed by atoms with E-state index in [0.29, 0.717) is 22.6 Å². The van der Waals surface area contributed by atoms with Crippen molar-refractivity contribution in [3.8, 4) is 17.0 Å². The number of nitrogens with zero attached hydrogens (tertiary/aromatic N) is 4. The quantitative estimate of drug-likeness (QED) is 0.504. The highest BCUT2D eigenvalue weighted by molar-refractivity contribution is 6.21. The van der Waals surface area contributed by atoms with Crippen molar-refractivity contribution in [1.82, 2.24) is 20.3 Å². The molecule has 0 unspecified atom stereocenters. The van der Waals surface area contributed by atoms with Crippen LogP contribution in [0.15, 0.2) is 22.8 Å². The Labute approximate surface area is 106 Å². The van der Waals surface area contributed by atoms with Gasteiger partial charge in [-0.2, -0.15) is 0 Å². The van der Waals surface area contributed by atoms with Crippen LogP contribution in [-0.4, -0.2) is 33.2 Å². The van der Waals surface area contributed by atoms with Gasteiger partial charge in [0.25, 0.3) is 0 Å². The van der Waals surface area contributed by atoms with Crippen LogP contribution in [0.1, 0.15) is 16.1 Å². The number of fused-ring (bicyclic) bond motifs is 4. The lowest BCUT2D eigenvalue weighted by Gasteiger charge is -2.04. The van der Waals surface area contributed by atoms with Crippen LogP contribution in [0.2, 0.25) is 0 Å². The molecule has 0 amide bonds. The third-order valence-corrected chi connectivity index (χ3v) is 3.06. The van der Waals surface area contributed by atoms with Gasteiger partial charge in [0.2, 0.25) is 17.1 Å². The van der Waals surface area contributed by atoms with E-state index in [1.807, 2.05) is 0 Å². The zero-order valence-electron chi connectivity index (χ0n) is 9.75. The van der Waals surface area contributed by atoms with Gasteiger partial charge in [-0.3, -0.25) is 4.79 Å². The Morgan fingerprint density at radius 3 is 2.58 bits per heavy atom. The zero-order valence-corrected chi connectivity index (χ0v) is 9.75. The maximum Gasteiger partial charge on any atom is 0.244 e. The maximum atomic E-state index is 12.4. The number of ketones is 1. The molecule has 0 fully saturated rings. The normalized spacial score (nSPS) is 12.6. The fourth-order valence-corrected chi connectivity index (χ4v) is 2.24. The summed E-state index contributed by atoms with van der Waals surface area (Å²) in [6.45, 7) is 0. The van der Waals surface area contributed by atoms with Crippen molar-refractivity contribution >= 4 is 17.1 Å². The number of hydrogen-bond donors (Lipinski definition) is 0. The van der Waals surface area contributed by atoms with Crippen molar-refractivity contribution in [1.29, 1.82) is 0 Å². The van der Waals surface area contributed by atoms with Gasteiger partial charge in [-0.05, 0) is 16.4 Å². The molecule has 7 nitrogen and oxygen atoms in total. The van der Waals surface area contributed by atoms with Gasteiger partial charge in [-0.1, -0.05) is 12.1 Å². The van der Waals surface area contributed by atoms with Gasteiger partial charge in [0.05, 0.1) is 12.7 Å². The molecule has 1 aliphatic carbocycles. The van der Waals surface area contributed by atoms with Crippen LogP contribution in [0.25, 0.3) is 22.6 Å². The molecule has 4 rings (SSSR count). The highest BCUT2D eigenvalue weighted by Gasteiger charge is 2.33. The molecule has 92 valence electrons. The Hall–Kier alpha value is -2.83. The Morgan fingerprint density at radius 1 is 1.11 bits per heavy atom. The molecule has 2 heterocycles. The van der Waals surface area contributed by atoms with Crippen molar-refractivity contribution in [2.24, 2.45) is 0 Å². The van der Waals surface area contributed by atoms with Crippen LogP contribution in [0, 0.1) is 0 Å². The largest absolute Gasteiger partial charge is 0.496 e. The predicted molar refractivity (Wildman–Crippen MR) is 62.8 cm³/mol. The van der Waals surface area contributed by atoms with Crippen molar-refractivity contribution in [2.45, 2.75) is 0 Å². The monoisotopic (exact) mass is 254 g/mol. The fourth-order valence-electron chi connectivity index (χ4n) is 2.24. The van der Waals surface area contributed by atoms with Gasteiger partial charge < -0.3 is 4.74 Å². The summed E-state index contributed by atoms with van der Waals surface area (Å²) in [5.74, 6) is 0.285. The van der Waals surface area contributed by atoms with Crippen LogP contribution >= 0.6 is 0 Å². The standard InChI is InChI=1S/C12H6N4O3/c1-18-6-4-2-3-5-7(6)10(17)9-8(5)13-11-12(14-9)16-19-15-11/h2-4H,1H3. The second-order valence-corrected chi connectivity index (χ2v) is 4.04. The minimum atomic E-state index is -0.222. The molecular formula is C12H6N4O3. The highest BCUT2D eigenvalue weighted by Crippen LogP contribution is 2.39. The maximum absolute atomic E-state index is 12.4. The van der Waals surface area contributed by atoms with E-state index in [0.717, 1.165) is 0 Å². The fraction of sp³-hybridized carbons (Fsp3) is 0.0833. The number of aromatic nitrogens is 4.